The quantitative estimate of drug-likeness (QED) is 0.917. The minimum Gasteiger partial charge on any atom is -0.383 e. The first-order valence-electron chi connectivity index (χ1n) is 6.80. The third-order valence-corrected chi connectivity index (χ3v) is 3.43. The summed E-state index contributed by atoms with van der Waals surface area (Å²) < 4.78 is 5.34. The van der Waals surface area contributed by atoms with Gasteiger partial charge in [0.25, 0.3) is 0 Å². The highest BCUT2D eigenvalue weighted by atomic mass is 16.5. The fraction of sp³-hybridized carbons (Fsp3) is 0.333. The predicted molar refractivity (Wildman–Crippen MR) is 78.0 cm³/mol. The number of nitrogen functional groups attached to an aromatic ring is 1. The summed E-state index contributed by atoms with van der Waals surface area (Å²) in [5, 5.41) is 0. The maximum absolute atomic E-state index is 6.07. The largest absolute Gasteiger partial charge is 0.383 e. The van der Waals surface area contributed by atoms with Gasteiger partial charge in [-0.05, 0) is 0 Å². The van der Waals surface area contributed by atoms with Gasteiger partial charge in [-0.15, -0.1) is 0 Å². The number of benzene rings is 1. The molecule has 2 N–H and O–H groups in total. The van der Waals surface area contributed by atoms with Gasteiger partial charge >= 0.3 is 0 Å². The van der Waals surface area contributed by atoms with Crippen molar-refractivity contribution in [3.63, 3.8) is 0 Å². The molecular formula is C15H18N4O. The van der Waals surface area contributed by atoms with Crippen molar-refractivity contribution < 1.29 is 4.74 Å². The first-order chi connectivity index (χ1) is 9.83. The predicted octanol–water partition coefficient (Wildman–Crippen LogP) is 1.56. The molecule has 0 atom stereocenters. The fourth-order valence-corrected chi connectivity index (χ4v) is 2.27. The molecule has 2 aromatic rings. The zero-order valence-electron chi connectivity index (χ0n) is 11.3. The summed E-state index contributed by atoms with van der Waals surface area (Å²) in [6.45, 7) is 4.20. The Balaban J connectivity index is 1.77. The second kappa shape index (κ2) is 5.98. The van der Waals surface area contributed by atoms with Gasteiger partial charge in [-0.2, -0.15) is 0 Å². The Labute approximate surface area is 118 Å². The third kappa shape index (κ3) is 2.95. The minimum atomic E-state index is 0.561. The van der Waals surface area contributed by atoms with Crippen molar-refractivity contribution in [1.82, 2.24) is 14.9 Å². The highest BCUT2D eigenvalue weighted by Gasteiger charge is 2.13. The standard InChI is InChI=1S/C15H18N4O/c16-14-13(11-19-6-8-20-9-7-19)10-17-15(18-14)12-4-2-1-3-5-12/h1-5,10H,6-9,11H2,(H2,16,17,18). The van der Waals surface area contributed by atoms with Crippen LogP contribution in [0.2, 0.25) is 0 Å². The molecule has 0 amide bonds. The fourth-order valence-electron chi connectivity index (χ4n) is 2.27. The molecule has 0 spiro atoms. The average Bonchev–Trinajstić information content (AvgIpc) is 2.51. The minimum absolute atomic E-state index is 0.561. The zero-order chi connectivity index (χ0) is 13.8. The van der Waals surface area contributed by atoms with E-state index < -0.39 is 0 Å². The van der Waals surface area contributed by atoms with Crippen LogP contribution in [0.1, 0.15) is 5.56 Å². The van der Waals surface area contributed by atoms with Crippen molar-refractivity contribution in [2.75, 3.05) is 32.0 Å². The molecule has 1 aliphatic heterocycles. The van der Waals surface area contributed by atoms with E-state index in [1.807, 2.05) is 36.5 Å². The first kappa shape index (κ1) is 13.0. The number of ether oxygens (including phenoxy) is 1. The van der Waals surface area contributed by atoms with Crippen LogP contribution in [0.4, 0.5) is 5.82 Å². The average molecular weight is 270 g/mol. The highest BCUT2D eigenvalue weighted by molar-refractivity contribution is 5.57. The smallest absolute Gasteiger partial charge is 0.161 e. The van der Waals surface area contributed by atoms with Gasteiger partial charge in [-0.3, -0.25) is 4.90 Å². The van der Waals surface area contributed by atoms with E-state index in [9.17, 15) is 0 Å². The Morgan fingerprint density at radius 3 is 2.60 bits per heavy atom. The molecular weight excluding hydrogens is 252 g/mol. The normalized spacial score (nSPS) is 16.2. The maximum atomic E-state index is 6.07. The molecule has 0 saturated carbocycles. The summed E-state index contributed by atoms with van der Waals surface area (Å²) in [6.07, 6.45) is 1.83. The lowest BCUT2D eigenvalue weighted by Crippen LogP contribution is -2.35. The topological polar surface area (TPSA) is 64.3 Å². The first-order valence-corrected chi connectivity index (χ1v) is 6.80. The van der Waals surface area contributed by atoms with Crippen molar-refractivity contribution in [2.45, 2.75) is 6.54 Å². The molecule has 1 saturated heterocycles. The van der Waals surface area contributed by atoms with E-state index in [0.29, 0.717) is 11.6 Å². The molecule has 2 heterocycles. The molecule has 1 fully saturated rings. The van der Waals surface area contributed by atoms with Crippen LogP contribution in [-0.4, -0.2) is 41.2 Å². The van der Waals surface area contributed by atoms with E-state index in [1.165, 1.54) is 0 Å². The monoisotopic (exact) mass is 270 g/mol. The summed E-state index contributed by atoms with van der Waals surface area (Å²) in [5.41, 5.74) is 8.03. The van der Waals surface area contributed by atoms with E-state index in [2.05, 4.69) is 14.9 Å². The Kier molecular flexibility index (Phi) is 3.90. The van der Waals surface area contributed by atoms with Crippen LogP contribution >= 0.6 is 0 Å². The molecule has 5 heteroatoms. The van der Waals surface area contributed by atoms with E-state index in [0.717, 1.165) is 44.0 Å². The molecule has 104 valence electrons. The van der Waals surface area contributed by atoms with Crippen molar-refractivity contribution in [3.8, 4) is 11.4 Å². The van der Waals surface area contributed by atoms with E-state index in [1.54, 1.807) is 0 Å². The molecule has 1 aromatic carbocycles. The van der Waals surface area contributed by atoms with Crippen LogP contribution in [0.15, 0.2) is 36.5 Å². The SMILES string of the molecule is Nc1nc(-c2ccccc2)ncc1CN1CCOCC1. The van der Waals surface area contributed by atoms with Gasteiger partial charge in [0.05, 0.1) is 13.2 Å². The number of nitrogens with two attached hydrogens (primary N) is 1. The Morgan fingerprint density at radius 1 is 1.15 bits per heavy atom. The summed E-state index contributed by atoms with van der Waals surface area (Å²) >= 11 is 0. The molecule has 1 aromatic heterocycles. The molecule has 3 rings (SSSR count). The Bertz CT molecular complexity index is 567. The number of nitrogens with zero attached hydrogens (tertiary/aromatic N) is 3. The van der Waals surface area contributed by atoms with Gasteiger partial charge in [-0.1, -0.05) is 30.3 Å². The number of hydrogen-bond donors (Lipinski definition) is 1. The molecule has 1 aliphatic rings. The maximum Gasteiger partial charge on any atom is 0.161 e. The van der Waals surface area contributed by atoms with Crippen LogP contribution < -0.4 is 5.73 Å². The summed E-state index contributed by atoms with van der Waals surface area (Å²) in [4.78, 5) is 11.2. The zero-order valence-corrected chi connectivity index (χ0v) is 11.3. The van der Waals surface area contributed by atoms with E-state index in [4.69, 9.17) is 10.5 Å². The van der Waals surface area contributed by atoms with Gasteiger partial charge in [-0.25, -0.2) is 9.97 Å². The number of anilines is 1. The summed E-state index contributed by atoms with van der Waals surface area (Å²) in [5.74, 6) is 1.24. The Morgan fingerprint density at radius 2 is 1.90 bits per heavy atom. The van der Waals surface area contributed by atoms with Crippen LogP contribution in [0, 0.1) is 0 Å². The van der Waals surface area contributed by atoms with Gasteiger partial charge in [0.15, 0.2) is 5.82 Å². The third-order valence-electron chi connectivity index (χ3n) is 3.43. The van der Waals surface area contributed by atoms with Crippen LogP contribution in [0.25, 0.3) is 11.4 Å². The molecule has 0 radical (unpaired) electrons. The lowest BCUT2D eigenvalue weighted by molar-refractivity contribution is 0.0342. The summed E-state index contributed by atoms with van der Waals surface area (Å²) in [6, 6.07) is 9.87. The van der Waals surface area contributed by atoms with Crippen LogP contribution in [0.5, 0.6) is 0 Å². The van der Waals surface area contributed by atoms with E-state index >= 15 is 0 Å². The van der Waals surface area contributed by atoms with Gasteiger partial charge < -0.3 is 10.5 Å². The number of hydrogen-bond acceptors (Lipinski definition) is 5. The molecule has 20 heavy (non-hydrogen) atoms. The van der Waals surface area contributed by atoms with Crippen molar-refractivity contribution in [2.24, 2.45) is 0 Å². The number of aromatic nitrogens is 2. The van der Waals surface area contributed by atoms with Crippen molar-refractivity contribution in [1.29, 1.82) is 0 Å². The second-order valence-corrected chi connectivity index (χ2v) is 4.86. The lowest BCUT2D eigenvalue weighted by atomic mass is 10.2. The second-order valence-electron chi connectivity index (χ2n) is 4.86. The van der Waals surface area contributed by atoms with Crippen LogP contribution in [-0.2, 0) is 11.3 Å². The van der Waals surface area contributed by atoms with Gasteiger partial charge in [0, 0.05) is 37.0 Å². The molecule has 0 unspecified atom stereocenters. The lowest BCUT2D eigenvalue weighted by Gasteiger charge is -2.26. The number of morpholine rings is 1. The molecule has 0 aliphatic carbocycles. The van der Waals surface area contributed by atoms with Crippen molar-refractivity contribution >= 4 is 5.82 Å². The summed E-state index contributed by atoms with van der Waals surface area (Å²) in [7, 11) is 0. The highest BCUT2D eigenvalue weighted by Crippen LogP contribution is 2.18. The van der Waals surface area contributed by atoms with E-state index in [-0.39, 0.29) is 0 Å². The number of rotatable bonds is 3. The van der Waals surface area contributed by atoms with Crippen LogP contribution in [0.3, 0.4) is 0 Å². The Hall–Kier alpha value is -1.98. The van der Waals surface area contributed by atoms with Gasteiger partial charge in [0.2, 0.25) is 0 Å². The molecule has 0 bridgehead atoms. The van der Waals surface area contributed by atoms with Crippen molar-refractivity contribution in [3.05, 3.63) is 42.1 Å². The van der Waals surface area contributed by atoms with Gasteiger partial charge in [0.1, 0.15) is 5.82 Å². The molecule has 5 nitrogen and oxygen atoms in total.